The summed E-state index contributed by atoms with van der Waals surface area (Å²) in [5.74, 6) is 0.420. The lowest BCUT2D eigenvalue weighted by Gasteiger charge is -2.28. The van der Waals surface area contributed by atoms with Crippen molar-refractivity contribution in [3.63, 3.8) is 0 Å². The number of fused-ring (bicyclic) bond motifs is 1. The van der Waals surface area contributed by atoms with Gasteiger partial charge in [0.1, 0.15) is 12.4 Å². The second-order valence-corrected chi connectivity index (χ2v) is 6.70. The highest BCUT2D eigenvalue weighted by atomic mass is 16.1. The molecule has 138 valence electrons. The van der Waals surface area contributed by atoms with Crippen LogP contribution >= 0.6 is 0 Å². The molecule has 1 aromatic carbocycles. The minimum atomic E-state index is -0.418. The van der Waals surface area contributed by atoms with E-state index in [1.165, 1.54) is 6.33 Å². The van der Waals surface area contributed by atoms with Gasteiger partial charge in [0.25, 0.3) is 5.91 Å². The average molecular weight is 363 g/mol. The molecule has 0 unspecified atom stereocenters. The molecule has 4 rings (SSSR count). The zero-order chi connectivity index (χ0) is 19.1. The van der Waals surface area contributed by atoms with E-state index in [0.717, 1.165) is 28.3 Å². The second-order valence-electron chi connectivity index (χ2n) is 6.70. The number of anilines is 2. The molecule has 2 N–H and O–H groups in total. The summed E-state index contributed by atoms with van der Waals surface area (Å²) in [6, 6.07) is 9.26. The van der Waals surface area contributed by atoms with Gasteiger partial charge in [-0.05, 0) is 38.5 Å². The Bertz CT molecular complexity index is 1060. The number of para-hydroxylation sites is 1. The number of amides is 1. The van der Waals surface area contributed by atoms with Crippen molar-refractivity contribution in [1.29, 1.82) is 0 Å². The molecular weight excluding hydrogens is 342 g/mol. The Hall–Kier alpha value is -3.42. The van der Waals surface area contributed by atoms with Crippen LogP contribution in [-0.2, 0) is 11.8 Å². The van der Waals surface area contributed by atoms with Gasteiger partial charge < -0.3 is 10.6 Å². The van der Waals surface area contributed by atoms with Crippen molar-refractivity contribution in [1.82, 2.24) is 24.5 Å². The van der Waals surface area contributed by atoms with Gasteiger partial charge in [0.15, 0.2) is 0 Å². The molecule has 0 saturated heterocycles. The molecule has 27 heavy (non-hydrogen) atoms. The first-order chi connectivity index (χ1) is 13.0. The molecule has 0 bridgehead atoms. The van der Waals surface area contributed by atoms with Crippen molar-refractivity contribution in [3.05, 3.63) is 64.9 Å². The van der Waals surface area contributed by atoms with Gasteiger partial charge in [-0.2, -0.15) is 15.2 Å². The number of nitrogens with one attached hydrogen (secondary N) is 2. The molecule has 8 heteroatoms. The summed E-state index contributed by atoms with van der Waals surface area (Å²) in [7, 11) is 1.87. The molecular formula is C19H21N7O. The van der Waals surface area contributed by atoms with E-state index in [1.54, 1.807) is 9.36 Å². The molecule has 0 spiro atoms. The highest BCUT2D eigenvalue weighted by molar-refractivity contribution is 6.06. The first-order valence-corrected chi connectivity index (χ1v) is 8.70. The largest absolute Gasteiger partial charge is 0.328 e. The molecule has 8 nitrogen and oxygen atoms in total. The molecule has 3 aromatic rings. The molecule has 1 aliphatic rings. The predicted molar refractivity (Wildman–Crippen MR) is 102 cm³/mol. The highest BCUT2D eigenvalue weighted by Crippen LogP contribution is 2.35. The SMILES string of the molecule is CC1=C(C(=O)Nc2ccccc2C)[C@H](c2cc(C)nn2C)n2ncnc2N1. The van der Waals surface area contributed by atoms with Crippen molar-refractivity contribution < 1.29 is 4.79 Å². The van der Waals surface area contributed by atoms with Gasteiger partial charge in [0, 0.05) is 18.4 Å². The quantitative estimate of drug-likeness (QED) is 0.746. The number of allylic oxidation sites excluding steroid dienone is 1. The van der Waals surface area contributed by atoms with Crippen LogP contribution in [0.1, 0.15) is 29.9 Å². The standard InChI is InChI=1S/C19H21N7O/c1-11-7-5-6-8-14(11)23-18(27)16-13(3)22-19-20-10-21-26(19)17(16)15-9-12(2)24-25(15)4/h5-10,17H,1-4H3,(H,23,27)(H,20,21,22)/t17-/m0/s1. The summed E-state index contributed by atoms with van der Waals surface area (Å²) < 4.78 is 3.50. The summed E-state index contributed by atoms with van der Waals surface area (Å²) in [5.41, 5.74) is 4.86. The van der Waals surface area contributed by atoms with Crippen LogP contribution in [-0.4, -0.2) is 30.5 Å². The lowest BCUT2D eigenvalue weighted by atomic mass is 9.98. The summed E-state index contributed by atoms with van der Waals surface area (Å²) in [4.78, 5) is 17.5. The van der Waals surface area contributed by atoms with Crippen LogP contribution in [0.3, 0.4) is 0 Å². The fourth-order valence-electron chi connectivity index (χ4n) is 3.45. The summed E-state index contributed by atoms with van der Waals surface area (Å²) in [6.07, 6.45) is 1.48. The van der Waals surface area contributed by atoms with Crippen molar-refractivity contribution >= 4 is 17.5 Å². The summed E-state index contributed by atoms with van der Waals surface area (Å²) in [5, 5.41) is 15.0. The van der Waals surface area contributed by atoms with Crippen LogP contribution in [0.15, 0.2) is 47.9 Å². The first kappa shape index (κ1) is 17.0. The maximum Gasteiger partial charge on any atom is 0.255 e. The van der Waals surface area contributed by atoms with Gasteiger partial charge in [-0.15, -0.1) is 0 Å². The van der Waals surface area contributed by atoms with Crippen LogP contribution < -0.4 is 10.6 Å². The van der Waals surface area contributed by atoms with Gasteiger partial charge >= 0.3 is 0 Å². The third-order valence-corrected chi connectivity index (χ3v) is 4.75. The Morgan fingerprint density at radius 3 is 2.70 bits per heavy atom. The molecule has 2 aromatic heterocycles. The number of aryl methyl sites for hydroxylation is 3. The predicted octanol–water partition coefficient (Wildman–Crippen LogP) is 2.56. The van der Waals surface area contributed by atoms with Crippen molar-refractivity contribution in [2.75, 3.05) is 10.6 Å². The number of benzene rings is 1. The molecule has 0 aliphatic carbocycles. The monoisotopic (exact) mass is 363 g/mol. The topological polar surface area (TPSA) is 89.7 Å². The number of carbonyl (C=O) groups is 1. The number of rotatable bonds is 3. The van der Waals surface area contributed by atoms with Crippen LogP contribution in [0.25, 0.3) is 0 Å². The van der Waals surface area contributed by atoms with E-state index in [4.69, 9.17) is 0 Å². The van der Waals surface area contributed by atoms with Crippen LogP contribution in [0.2, 0.25) is 0 Å². The zero-order valence-corrected chi connectivity index (χ0v) is 15.7. The Labute approximate surface area is 156 Å². The van der Waals surface area contributed by atoms with Gasteiger partial charge in [-0.1, -0.05) is 18.2 Å². The van der Waals surface area contributed by atoms with Gasteiger partial charge in [-0.25, -0.2) is 4.68 Å². The summed E-state index contributed by atoms with van der Waals surface area (Å²) >= 11 is 0. The maximum atomic E-state index is 13.3. The molecule has 3 heterocycles. The Balaban J connectivity index is 1.80. The van der Waals surface area contributed by atoms with E-state index < -0.39 is 6.04 Å². The molecule has 1 atom stereocenters. The number of nitrogens with zero attached hydrogens (tertiary/aromatic N) is 5. The Morgan fingerprint density at radius 1 is 1.22 bits per heavy atom. The Kier molecular flexibility index (Phi) is 4.02. The van der Waals surface area contributed by atoms with E-state index in [-0.39, 0.29) is 5.91 Å². The normalized spacial score (nSPS) is 16.1. The summed E-state index contributed by atoms with van der Waals surface area (Å²) in [6.45, 7) is 5.77. The van der Waals surface area contributed by atoms with Gasteiger partial charge in [0.2, 0.25) is 5.95 Å². The van der Waals surface area contributed by atoms with Crippen LogP contribution in [0, 0.1) is 13.8 Å². The second kappa shape index (κ2) is 6.39. The number of aromatic nitrogens is 5. The van der Waals surface area contributed by atoms with E-state index in [0.29, 0.717) is 11.5 Å². The lowest BCUT2D eigenvalue weighted by molar-refractivity contribution is -0.113. The van der Waals surface area contributed by atoms with E-state index >= 15 is 0 Å². The van der Waals surface area contributed by atoms with Crippen molar-refractivity contribution in [2.24, 2.45) is 7.05 Å². The van der Waals surface area contributed by atoms with Gasteiger partial charge in [0.05, 0.1) is 17.0 Å². The fourth-order valence-corrected chi connectivity index (χ4v) is 3.45. The van der Waals surface area contributed by atoms with Crippen molar-refractivity contribution in [2.45, 2.75) is 26.8 Å². The Morgan fingerprint density at radius 2 is 2.00 bits per heavy atom. The van der Waals surface area contributed by atoms with E-state index in [9.17, 15) is 4.79 Å². The lowest BCUT2D eigenvalue weighted by Crippen LogP contribution is -2.32. The number of carbonyl (C=O) groups excluding carboxylic acids is 1. The zero-order valence-electron chi connectivity index (χ0n) is 15.7. The van der Waals surface area contributed by atoms with E-state index in [1.807, 2.05) is 58.2 Å². The smallest absolute Gasteiger partial charge is 0.255 e. The number of hydrogen-bond acceptors (Lipinski definition) is 5. The molecule has 0 radical (unpaired) electrons. The third kappa shape index (κ3) is 2.88. The van der Waals surface area contributed by atoms with Gasteiger partial charge in [-0.3, -0.25) is 9.48 Å². The third-order valence-electron chi connectivity index (χ3n) is 4.75. The van der Waals surface area contributed by atoms with Crippen LogP contribution in [0.5, 0.6) is 0 Å². The number of hydrogen-bond donors (Lipinski definition) is 2. The average Bonchev–Trinajstić information content (AvgIpc) is 3.21. The molecule has 0 fully saturated rings. The van der Waals surface area contributed by atoms with Crippen LogP contribution in [0.4, 0.5) is 11.6 Å². The van der Waals surface area contributed by atoms with E-state index in [2.05, 4.69) is 25.8 Å². The first-order valence-electron chi connectivity index (χ1n) is 8.70. The minimum Gasteiger partial charge on any atom is -0.328 e. The molecule has 1 amide bonds. The maximum absolute atomic E-state index is 13.3. The molecule has 0 saturated carbocycles. The highest BCUT2D eigenvalue weighted by Gasteiger charge is 2.35. The fraction of sp³-hybridized carbons (Fsp3) is 0.263. The molecule has 1 aliphatic heterocycles. The van der Waals surface area contributed by atoms with Crippen molar-refractivity contribution in [3.8, 4) is 0 Å². The minimum absolute atomic E-state index is 0.181.